The van der Waals surface area contributed by atoms with Crippen molar-refractivity contribution in [3.8, 4) is 11.5 Å². The molecule has 0 saturated carbocycles. The summed E-state index contributed by atoms with van der Waals surface area (Å²) in [6.45, 7) is 5.71. The first kappa shape index (κ1) is 42.1. The lowest BCUT2D eigenvalue weighted by Crippen LogP contribution is -2.51. The zero-order valence-electron chi connectivity index (χ0n) is 32.5. The fourth-order valence-electron chi connectivity index (χ4n) is 7.89. The number of ether oxygens (including phenoxy) is 1. The molecule has 2 aromatic carbocycles. The number of amides is 4. The van der Waals surface area contributed by atoms with Gasteiger partial charge in [0.15, 0.2) is 5.82 Å². The van der Waals surface area contributed by atoms with Crippen molar-refractivity contribution >= 4 is 45.9 Å². The van der Waals surface area contributed by atoms with E-state index in [0.717, 1.165) is 34.1 Å². The third-order valence-electron chi connectivity index (χ3n) is 10.4. The van der Waals surface area contributed by atoms with Crippen LogP contribution in [0.15, 0.2) is 36.4 Å². The van der Waals surface area contributed by atoms with Gasteiger partial charge in [0, 0.05) is 42.4 Å². The molecule has 2 aromatic heterocycles. The van der Waals surface area contributed by atoms with Gasteiger partial charge in [-0.1, -0.05) is 13.8 Å². The molecule has 2 fully saturated rings. The molecule has 0 spiro atoms. The maximum atomic E-state index is 15.3. The third kappa shape index (κ3) is 8.97. The number of aromatic nitrogens is 3. The summed E-state index contributed by atoms with van der Waals surface area (Å²) in [5.41, 5.74) is 0.0984. The Balaban J connectivity index is 1.43. The lowest BCUT2D eigenvalue weighted by molar-refractivity contribution is -0.136. The first-order valence-electron chi connectivity index (χ1n) is 18.9. The van der Waals surface area contributed by atoms with E-state index in [1.54, 1.807) is 27.7 Å². The summed E-state index contributed by atoms with van der Waals surface area (Å²) in [4.78, 5) is 61.2. The number of hydrogen-bond donors (Lipinski definition) is 4. The summed E-state index contributed by atoms with van der Waals surface area (Å²) < 4.78 is 97.0. The maximum Gasteiger partial charge on any atom is 0.408 e. The molecule has 4 N–H and O–H groups in total. The monoisotopic (exact) mass is 821 g/mol. The van der Waals surface area contributed by atoms with Crippen molar-refractivity contribution in [3.05, 3.63) is 53.6 Å². The third-order valence-corrected chi connectivity index (χ3v) is 10.4. The second-order valence-electron chi connectivity index (χ2n) is 15.9. The molecule has 4 heterocycles. The summed E-state index contributed by atoms with van der Waals surface area (Å²) in [7, 11) is 0. The quantitative estimate of drug-likeness (QED) is 0.121. The molecule has 2 aliphatic rings. The number of benzene rings is 2. The molecular weight excluding hydrogens is 776 g/mol. The van der Waals surface area contributed by atoms with E-state index >= 15 is 17.6 Å². The van der Waals surface area contributed by atoms with Gasteiger partial charge in [0.2, 0.25) is 11.8 Å². The largest absolute Gasteiger partial charge is 0.465 e. The number of hydrogen-bond acceptors (Lipinski definition) is 6. The molecule has 0 unspecified atom stereocenters. The smallest absolute Gasteiger partial charge is 0.408 e. The highest BCUT2D eigenvalue weighted by molar-refractivity contribution is 5.92. The molecule has 0 aliphatic carbocycles. The van der Waals surface area contributed by atoms with Crippen molar-refractivity contribution in [1.29, 1.82) is 0 Å². The molecular formula is C39H45F6N7O6. The van der Waals surface area contributed by atoms with Crippen LogP contribution in [0.5, 0.6) is 0 Å². The second-order valence-corrected chi connectivity index (χ2v) is 15.9. The number of carbonyl (C=O) groups is 4. The lowest BCUT2D eigenvalue weighted by atomic mass is 9.99. The Kier molecular flexibility index (Phi) is 11.4. The van der Waals surface area contributed by atoms with Gasteiger partial charge in [-0.3, -0.25) is 9.59 Å². The van der Waals surface area contributed by atoms with Gasteiger partial charge in [0.25, 0.3) is 11.8 Å². The number of H-pyrrole nitrogens is 1. The van der Waals surface area contributed by atoms with Crippen LogP contribution in [0.25, 0.3) is 33.5 Å². The molecule has 4 atom stereocenters. The number of carbonyl (C=O) groups excluding carboxylic acids is 3. The van der Waals surface area contributed by atoms with Crippen molar-refractivity contribution in [2.45, 2.75) is 115 Å². The van der Waals surface area contributed by atoms with E-state index in [9.17, 15) is 33.1 Å². The Morgan fingerprint density at radius 1 is 0.897 bits per heavy atom. The Bertz CT molecular complexity index is 2240. The lowest BCUT2D eigenvalue weighted by Gasteiger charge is -2.29. The predicted molar refractivity (Wildman–Crippen MR) is 199 cm³/mol. The molecule has 2 aliphatic heterocycles. The van der Waals surface area contributed by atoms with Crippen molar-refractivity contribution in [2.24, 2.45) is 0 Å². The van der Waals surface area contributed by atoms with Gasteiger partial charge in [-0.25, -0.2) is 40.9 Å². The van der Waals surface area contributed by atoms with Crippen molar-refractivity contribution in [2.75, 3.05) is 13.1 Å². The number of nitrogens with zero attached hydrogens (tertiary/aromatic N) is 4. The number of nitrogens with one attached hydrogen (secondary N) is 3. The molecule has 6 rings (SSSR count). The van der Waals surface area contributed by atoms with E-state index in [1.165, 1.54) is 23.6 Å². The van der Waals surface area contributed by atoms with Crippen LogP contribution < -0.4 is 10.6 Å². The van der Waals surface area contributed by atoms with Crippen molar-refractivity contribution in [3.63, 3.8) is 0 Å². The van der Waals surface area contributed by atoms with Crippen LogP contribution in [0.4, 0.5) is 35.9 Å². The van der Waals surface area contributed by atoms with Gasteiger partial charge in [-0.2, -0.15) is 0 Å². The zero-order valence-corrected chi connectivity index (χ0v) is 32.5. The fraction of sp³-hybridized carbons (Fsp3) is 0.513. The van der Waals surface area contributed by atoms with Crippen LogP contribution in [0.1, 0.15) is 65.9 Å². The topological polar surface area (TPSA) is 162 Å². The number of likely N-dealkylation sites (tertiary alicyclic amines) is 2. The van der Waals surface area contributed by atoms with E-state index in [2.05, 4.69) is 20.6 Å². The summed E-state index contributed by atoms with van der Waals surface area (Å²) in [6, 6.07) is 2.42. The standard InChI is InChI=1S/C39H45F6N7O6/c1-6-26(48-35(55)56)33(53)52-19-39(44,45)16-23(52)17-50-30-11-9-21(41)13-29(30)47-32(50)31-25(24-10-8-20(40)12-28(24)46-31)14-22-15-38(42,43)18-51(22)34(54)27(7-2)49-36(57)58-37(3,4)5/h8-13,22-23,26-27,46,48H,6-7,14-19H2,1-5H3,(H,49,57)(H,55,56)/t22-,23+,26+,27+/m1/s1. The fourth-order valence-corrected chi connectivity index (χ4v) is 7.89. The number of aromatic amines is 1. The van der Waals surface area contributed by atoms with Gasteiger partial charge in [-0.15, -0.1) is 0 Å². The normalized spacial score (nSPS) is 20.1. The van der Waals surface area contributed by atoms with Crippen LogP contribution in [-0.2, 0) is 27.3 Å². The number of alkyl carbamates (subject to hydrolysis) is 1. The highest BCUT2D eigenvalue weighted by atomic mass is 19.3. The van der Waals surface area contributed by atoms with Crippen LogP contribution in [0.2, 0.25) is 0 Å². The molecule has 0 radical (unpaired) electrons. The van der Waals surface area contributed by atoms with E-state index < -0.39 is 103 Å². The second kappa shape index (κ2) is 15.7. The molecule has 4 amide bonds. The highest BCUT2D eigenvalue weighted by Gasteiger charge is 2.50. The Morgan fingerprint density at radius 3 is 2.07 bits per heavy atom. The van der Waals surface area contributed by atoms with Gasteiger partial charge in [0.05, 0.1) is 35.9 Å². The van der Waals surface area contributed by atoms with E-state index in [0.29, 0.717) is 10.9 Å². The molecule has 4 aromatic rings. The number of halogens is 6. The Hall–Kier alpha value is -5.49. The molecule has 19 heteroatoms. The van der Waals surface area contributed by atoms with Gasteiger partial charge in [0.1, 0.15) is 29.3 Å². The van der Waals surface area contributed by atoms with Crippen molar-refractivity contribution in [1.82, 2.24) is 35.0 Å². The maximum absolute atomic E-state index is 15.3. The predicted octanol–water partition coefficient (Wildman–Crippen LogP) is 6.83. The Labute approximate surface area is 329 Å². The summed E-state index contributed by atoms with van der Waals surface area (Å²) in [6.07, 6.45) is -4.21. The summed E-state index contributed by atoms with van der Waals surface area (Å²) in [5, 5.41) is 14.2. The molecule has 2 saturated heterocycles. The van der Waals surface area contributed by atoms with Crippen LogP contribution in [0, 0.1) is 11.6 Å². The molecule has 314 valence electrons. The van der Waals surface area contributed by atoms with Gasteiger partial charge in [-0.05, 0) is 75.9 Å². The highest BCUT2D eigenvalue weighted by Crippen LogP contribution is 2.40. The first-order chi connectivity index (χ1) is 27.1. The minimum Gasteiger partial charge on any atom is -0.465 e. The van der Waals surface area contributed by atoms with Crippen molar-refractivity contribution < 1.29 is 55.4 Å². The first-order valence-corrected chi connectivity index (χ1v) is 18.9. The molecule has 58 heavy (non-hydrogen) atoms. The Morgan fingerprint density at radius 2 is 1.47 bits per heavy atom. The van der Waals surface area contributed by atoms with Gasteiger partial charge >= 0.3 is 12.2 Å². The minimum atomic E-state index is -3.35. The minimum absolute atomic E-state index is 0.0196. The van der Waals surface area contributed by atoms with E-state index in [-0.39, 0.29) is 53.9 Å². The number of imidazole rings is 1. The molecule has 0 bridgehead atoms. The van der Waals surface area contributed by atoms with E-state index in [4.69, 9.17) is 4.74 Å². The number of carboxylic acid groups (broad SMARTS) is 1. The summed E-state index contributed by atoms with van der Waals surface area (Å²) in [5.74, 6) is -9.63. The summed E-state index contributed by atoms with van der Waals surface area (Å²) >= 11 is 0. The van der Waals surface area contributed by atoms with E-state index in [1.807, 2.05) is 0 Å². The average molecular weight is 822 g/mol. The number of alkyl halides is 4. The average Bonchev–Trinajstić information content (AvgIpc) is 3.83. The molecule has 13 nitrogen and oxygen atoms in total. The number of rotatable bonds is 11. The van der Waals surface area contributed by atoms with Gasteiger partial charge < -0.3 is 39.8 Å². The SMILES string of the molecule is CC[C@H](NC(=O)O)C(=O)N1CC(F)(F)C[C@H]1Cn1c(-c2[nH]c3cc(F)ccc3c2C[C@@H]2CC(F)(F)CN2C(=O)[C@H](CC)NC(=O)OC(C)(C)C)nc2cc(F)ccc21. The van der Waals surface area contributed by atoms with Crippen LogP contribution >= 0.6 is 0 Å². The zero-order chi connectivity index (χ0) is 42.5. The van der Waals surface area contributed by atoms with Crippen LogP contribution in [-0.4, -0.2) is 108 Å². The number of fused-ring (bicyclic) bond motifs is 2. The van der Waals surface area contributed by atoms with Crippen LogP contribution in [0.3, 0.4) is 0 Å².